The summed E-state index contributed by atoms with van der Waals surface area (Å²) < 4.78 is 37.9. The van der Waals surface area contributed by atoms with Gasteiger partial charge in [-0.1, -0.05) is 6.58 Å². The second kappa shape index (κ2) is 6.35. The molecule has 0 unspecified atom stereocenters. The number of nitriles is 1. The minimum absolute atomic E-state index is 0.0723. The lowest BCUT2D eigenvalue weighted by molar-refractivity contribution is -0.138. The van der Waals surface area contributed by atoms with Crippen LogP contribution < -0.4 is 5.32 Å². The van der Waals surface area contributed by atoms with Crippen molar-refractivity contribution in [2.75, 3.05) is 5.32 Å². The molecule has 22 heavy (non-hydrogen) atoms. The number of hydrogen-bond donors (Lipinski definition) is 2. The fraction of sp³-hybridized carbons (Fsp3) is 0.200. The van der Waals surface area contributed by atoms with Gasteiger partial charge in [-0.2, -0.15) is 18.4 Å². The van der Waals surface area contributed by atoms with Crippen LogP contribution in [0, 0.1) is 18.3 Å². The van der Waals surface area contributed by atoms with Crippen molar-refractivity contribution in [3.8, 4) is 6.07 Å². The van der Waals surface area contributed by atoms with Gasteiger partial charge in [-0.05, 0) is 43.2 Å². The standard InChI is InChI=1S/C15H13F3N2O2/c1-8(2)13(21)11(7-19)14(22)20-10-4-5-12(9(3)6-10)15(16,17)18/h4-6,21H,1H2,2-3H3,(H,20,22)/b13-11-. The molecule has 2 N–H and O–H groups in total. The predicted molar refractivity (Wildman–Crippen MR) is 74.9 cm³/mol. The van der Waals surface area contributed by atoms with Crippen LogP contribution in [0.15, 0.2) is 41.7 Å². The number of hydrogen-bond acceptors (Lipinski definition) is 3. The molecule has 0 aliphatic heterocycles. The van der Waals surface area contributed by atoms with Gasteiger partial charge in [-0.3, -0.25) is 4.79 Å². The van der Waals surface area contributed by atoms with E-state index < -0.39 is 29.0 Å². The third-order valence-corrected chi connectivity index (χ3v) is 2.77. The van der Waals surface area contributed by atoms with Crippen LogP contribution in [-0.2, 0) is 11.0 Å². The van der Waals surface area contributed by atoms with Crippen LogP contribution in [0.4, 0.5) is 18.9 Å². The van der Waals surface area contributed by atoms with Gasteiger partial charge in [-0.25, -0.2) is 0 Å². The first-order valence-electron chi connectivity index (χ1n) is 6.06. The average molecular weight is 310 g/mol. The molecule has 0 aromatic heterocycles. The number of nitrogens with one attached hydrogen (secondary N) is 1. The Morgan fingerprint density at radius 2 is 2.00 bits per heavy atom. The molecule has 0 saturated heterocycles. The molecule has 1 aromatic rings. The summed E-state index contributed by atoms with van der Waals surface area (Å²) in [5, 5.41) is 20.7. The first kappa shape index (κ1) is 17.3. The smallest absolute Gasteiger partial charge is 0.416 e. The number of anilines is 1. The SMILES string of the molecule is C=C(C)/C(O)=C(\C#N)C(=O)Nc1ccc(C(F)(F)F)c(C)c1. The Morgan fingerprint density at radius 1 is 1.41 bits per heavy atom. The number of benzene rings is 1. The van der Waals surface area contributed by atoms with Crippen LogP contribution in [0.3, 0.4) is 0 Å². The molecule has 7 heteroatoms. The van der Waals surface area contributed by atoms with Crippen LogP contribution >= 0.6 is 0 Å². The normalized spacial score (nSPS) is 12.2. The number of amides is 1. The van der Waals surface area contributed by atoms with Crippen molar-refractivity contribution in [2.45, 2.75) is 20.0 Å². The van der Waals surface area contributed by atoms with Gasteiger partial charge in [0.25, 0.3) is 5.91 Å². The van der Waals surface area contributed by atoms with E-state index in [-0.39, 0.29) is 16.8 Å². The van der Waals surface area contributed by atoms with Gasteiger partial charge in [0.15, 0.2) is 5.57 Å². The average Bonchev–Trinajstić information content (AvgIpc) is 2.37. The maximum atomic E-state index is 12.6. The number of allylic oxidation sites excluding steroid dienone is 1. The molecule has 0 radical (unpaired) electrons. The van der Waals surface area contributed by atoms with E-state index in [2.05, 4.69) is 11.9 Å². The van der Waals surface area contributed by atoms with Crippen molar-refractivity contribution >= 4 is 11.6 Å². The number of rotatable bonds is 3. The molecule has 1 amide bonds. The summed E-state index contributed by atoms with van der Waals surface area (Å²) in [4.78, 5) is 11.9. The van der Waals surface area contributed by atoms with E-state index in [1.54, 1.807) is 0 Å². The topological polar surface area (TPSA) is 73.1 Å². The molecule has 1 aromatic carbocycles. The molecule has 0 spiro atoms. The van der Waals surface area contributed by atoms with Crippen molar-refractivity contribution in [2.24, 2.45) is 0 Å². The number of carbonyl (C=O) groups excluding carboxylic acids is 1. The minimum Gasteiger partial charge on any atom is -0.506 e. The van der Waals surface area contributed by atoms with Gasteiger partial charge in [0.1, 0.15) is 11.8 Å². The summed E-state index contributed by atoms with van der Waals surface area (Å²) in [6.07, 6.45) is -4.48. The van der Waals surface area contributed by atoms with Gasteiger partial charge < -0.3 is 10.4 Å². The van der Waals surface area contributed by atoms with E-state index in [1.807, 2.05) is 0 Å². The first-order valence-corrected chi connectivity index (χ1v) is 6.06. The number of nitrogens with zero attached hydrogens (tertiary/aromatic N) is 1. The summed E-state index contributed by atoms with van der Waals surface area (Å²) in [5.74, 6) is -1.49. The third kappa shape index (κ3) is 3.88. The van der Waals surface area contributed by atoms with Crippen molar-refractivity contribution in [1.29, 1.82) is 5.26 Å². The number of carbonyl (C=O) groups is 1. The van der Waals surface area contributed by atoms with Crippen molar-refractivity contribution in [3.05, 3.63) is 52.8 Å². The fourth-order valence-corrected chi connectivity index (χ4v) is 1.68. The Hall–Kier alpha value is -2.75. The Kier molecular flexibility index (Phi) is 4.99. The Morgan fingerprint density at radius 3 is 2.41 bits per heavy atom. The van der Waals surface area contributed by atoms with Gasteiger partial charge in [0.05, 0.1) is 5.56 Å². The zero-order valence-corrected chi connectivity index (χ0v) is 11.9. The first-order chi connectivity index (χ1) is 10.1. The quantitative estimate of drug-likeness (QED) is 0.385. The molecule has 0 aliphatic rings. The van der Waals surface area contributed by atoms with E-state index in [1.165, 1.54) is 19.9 Å². The van der Waals surface area contributed by atoms with Gasteiger partial charge in [0, 0.05) is 5.69 Å². The fourth-order valence-electron chi connectivity index (χ4n) is 1.68. The van der Waals surface area contributed by atoms with Gasteiger partial charge >= 0.3 is 6.18 Å². The molecule has 0 heterocycles. The molecular formula is C15H13F3N2O2. The van der Waals surface area contributed by atoms with E-state index in [0.29, 0.717) is 0 Å². The maximum absolute atomic E-state index is 12.6. The highest BCUT2D eigenvalue weighted by atomic mass is 19.4. The number of aliphatic hydroxyl groups is 1. The Labute approximate surface area is 125 Å². The Bertz CT molecular complexity index is 698. The summed E-state index contributed by atoms with van der Waals surface area (Å²) in [5.41, 5.74) is -1.25. The number of halogens is 3. The molecular weight excluding hydrogens is 297 g/mol. The summed E-state index contributed by atoms with van der Waals surface area (Å²) in [7, 11) is 0. The van der Waals surface area contributed by atoms with Gasteiger partial charge in [-0.15, -0.1) is 0 Å². The molecule has 0 atom stereocenters. The van der Waals surface area contributed by atoms with E-state index in [9.17, 15) is 23.1 Å². The summed E-state index contributed by atoms with van der Waals surface area (Å²) in [6, 6.07) is 4.57. The van der Waals surface area contributed by atoms with Crippen LogP contribution in [-0.4, -0.2) is 11.0 Å². The maximum Gasteiger partial charge on any atom is 0.416 e. The molecule has 4 nitrogen and oxygen atoms in total. The van der Waals surface area contributed by atoms with Crippen LogP contribution in [0.25, 0.3) is 0 Å². The van der Waals surface area contributed by atoms with Crippen LogP contribution in [0.2, 0.25) is 0 Å². The second-order valence-electron chi connectivity index (χ2n) is 4.60. The minimum atomic E-state index is -4.48. The number of alkyl halides is 3. The van der Waals surface area contributed by atoms with E-state index in [0.717, 1.165) is 18.2 Å². The molecule has 1 rings (SSSR count). The zero-order valence-electron chi connectivity index (χ0n) is 11.9. The molecule has 0 bridgehead atoms. The number of aryl methyl sites for hydroxylation is 1. The molecule has 116 valence electrons. The number of aliphatic hydroxyl groups excluding tert-OH is 1. The Balaban J connectivity index is 3.09. The molecule has 0 fully saturated rings. The van der Waals surface area contributed by atoms with Crippen molar-refractivity contribution < 1.29 is 23.1 Å². The summed E-state index contributed by atoms with van der Waals surface area (Å²) in [6.45, 7) is 6.06. The highest BCUT2D eigenvalue weighted by Crippen LogP contribution is 2.32. The lowest BCUT2D eigenvalue weighted by Crippen LogP contribution is -2.16. The largest absolute Gasteiger partial charge is 0.506 e. The third-order valence-electron chi connectivity index (χ3n) is 2.77. The van der Waals surface area contributed by atoms with Crippen molar-refractivity contribution in [1.82, 2.24) is 0 Å². The second-order valence-corrected chi connectivity index (χ2v) is 4.60. The highest BCUT2D eigenvalue weighted by Gasteiger charge is 2.32. The van der Waals surface area contributed by atoms with Crippen LogP contribution in [0.5, 0.6) is 0 Å². The molecule has 0 aliphatic carbocycles. The van der Waals surface area contributed by atoms with Crippen molar-refractivity contribution in [3.63, 3.8) is 0 Å². The highest BCUT2D eigenvalue weighted by molar-refractivity contribution is 6.07. The lowest BCUT2D eigenvalue weighted by atomic mass is 10.1. The van der Waals surface area contributed by atoms with E-state index in [4.69, 9.17) is 5.26 Å². The van der Waals surface area contributed by atoms with Gasteiger partial charge in [0.2, 0.25) is 0 Å². The monoisotopic (exact) mass is 310 g/mol. The molecule has 0 saturated carbocycles. The van der Waals surface area contributed by atoms with E-state index >= 15 is 0 Å². The van der Waals surface area contributed by atoms with Crippen LogP contribution in [0.1, 0.15) is 18.1 Å². The lowest BCUT2D eigenvalue weighted by Gasteiger charge is -2.12. The summed E-state index contributed by atoms with van der Waals surface area (Å²) >= 11 is 0. The predicted octanol–water partition coefficient (Wildman–Crippen LogP) is 3.86. The zero-order chi connectivity index (χ0) is 17.1.